The Kier molecular flexibility index (Phi) is 3.47. The van der Waals surface area contributed by atoms with Crippen molar-refractivity contribution in [3.8, 4) is 0 Å². The maximum absolute atomic E-state index is 12.0. The van der Waals surface area contributed by atoms with Gasteiger partial charge in [0.05, 0.1) is 23.2 Å². The average Bonchev–Trinajstić information content (AvgIpc) is 2.58. The zero-order valence-corrected chi connectivity index (χ0v) is 11.4. The van der Waals surface area contributed by atoms with E-state index in [4.69, 9.17) is 9.84 Å². The van der Waals surface area contributed by atoms with Crippen molar-refractivity contribution in [2.75, 3.05) is 6.61 Å². The minimum atomic E-state index is -3.56. The molecule has 0 aliphatic carbocycles. The van der Waals surface area contributed by atoms with Crippen LogP contribution in [0, 0.1) is 0 Å². The number of carbonyl (C=O) groups is 1. The van der Waals surface area contributed by atoms with Crippen LogP contribution in [-0.2, 0) is 14.6 Å². The van der Waals surface area contributed by atoms with Gasteiger partial charge in [0.25, 0.3) is 0 Å². The molecular weight excluding hydrogens is 268 g/mol. The number of carboxylic acid groups (broad SMARTS) is 1. The summed E-state index contributed by atoms with van der Waals surface area (Å²) in [5, 5.41) is 10.0. The van der Waals surface area contributed by atoms with Gasteiger partial charge < -0.3 is 9.84 Å². The Labute approximate surface area is 111 Å². The molecule has 2 rings (SSSR count). The van der Waals surface area contributed by atoms with E-state index in [1.807, 2.05) is 13.8 Å². The van der Waals surface area contributed by atoms with E-state index in [1.165, 1.54) is 18.2 Å². The fourth-order valence-corrected chi connectivity index (χ4v) is 3.33. The zero-order chi connectivity index (χ0) is 14.2. The maximum atomic E-state index is 12.0. The first-order valence-corrected chi connectivity index (χ1v) is 7.31. The van der Waals surface area contributed by atoms with Gasteiger partial charge in [-0.15, -0.1) is 0 Å². The minimum absolute atomic E-state index is 0.00838. The second-order valence-electron chi connectivity index (χ2n) is 4.56. The van der Waals surface area contributed by atoms with Crippen LogP contribution in [0.1, 0.15) is 29.8 Å². The van der Waals surface area contributed by atoms with Crippen molar-refractivity contribution in [1.29, 1.82) is 0 Å². The summed E-state index contributed by atoms with van der Waals surface area (Å²) in [4.78, 5) is 10.9. The molecule has 1 aliphatic heterocycles. The normalized spacial score (nSPS) is 16.3. The van der Waals surface area contributed by atoms with Crippen LogP contribution in [0.15, 0.2) is 28.5 Å². The van der Waals surface area contributed by atoms with E-state index in [0.717, 1.165) is 5.41 Å². The first kappa shape index (κ1) is 13.8. The van der Waals surface area contributed by atoms with Gasteiger partial charge >= 0.3 is 5.97 Å². The molecule has 0 aromatic heterocycles. The van der Waals surface area contributed by atoms with Crippen molar-refractivity contribution in [2.45, 2.75) is 24.8 Å². The van der Waals surface area contributed by atoms with Crippen molar-refractivity contribution in [3.05, 3.63) is 34.7 Å². The first-order chi connectivity index (χ1) is 8.81. The quantitative estimate of drug-likeness (QED) is 0.912. The van der Waals surface area contributed by atoms with Gasteiger partial charge in [-0.1, -0.05) is 6.07 Å². The number of rotatable bonds is 4. The summed E-state index contributed by atoms with van der Waals surface area (Å²) >= 11 is 0. The molecule has 0 fully saturated rings. The van der Waals surface area contributed by atoms with E-state index in [-0.39, 0.29) is 23.2 Å². The lowest BCUT2D eigenvalue weighted by molar-refractivity contribution is 0.0696. The molecule has 0 saturated heterocycles. The fraction of sp³-hybridized carbons (Fsp3) is 0.308. The van der Waals surface area contributed by atoms with Gasteiger partial charge in [0.2, 0.25) is 9.84 Å². The van der Waals surface area contributed by atoms with Crippen LogP contribution in [-0.4, -0.2) is 32.2 Å². The Morgan fingerprint density at radius 2 is 2.05 bits per heavy atom. The second kappa shape index (κ2) is 4.79. The highest BCUT2D eigenvalue weighted by molar-refractivity contribution is 7.95. The van der Waals surface area contributed by atoms with Crippen LogP contribution in [0.25, 0.3) is 5.57 Å². The third-order valence-electron chi connectivity index (χ3n) is 2.75. The molecule has 1 aliphatic rings. The highest BCUT2D eigenvalue weighted by Gasteiger charge is 2.28. The van der Waals surface area contributed by atoms with E-state index in [2.05, 4.69) is 0 Å². The van der Waals surface area contributed by atoms with Gasteiger partial charge in [0, 0.05) is 5.41 Å². The van der Waals surface area contributed by atoms with Gasteiger partial charge in [-0.25, -0.2) is 13.2 Å². The zero-order valence-electron chi connectivity index (χ0n) is 10.6. The number of fused-ring (bicyclic) bond motifs is 1. The lowest BCUT2D eigenvalue weighted by Gasteiger charge is -2.09. The molecule has 0 atom stereocenters. The summed E-state index contributed by atoms with van der Waals surface area (Å²) < 4.78 is 29.3. The third kappa shape index (κ3) is 2.69. The van der Waals surface area contributed by atoms with Crippen LogP contribution < -0.4 is 0 Å². The second-order valence-corrected chi connectivity index (χ2v) is 6.33. The van der Waals surface area contributed by atoms with Gasteiger partial charge in [0.15, 0.2) is 0 Å². The largest absolute Gasteiger partial charge is 0.478 e. The lowest BCUT2D eigenvalue weighted by Crippen LogP contribution is -2.05. The summed E-state index contributed by atoms with van der Waals surface area (Å²) in [5.74, 6) is -1.15. The Hall–Kier alpha value is -1.66. The molecule has 102 valence electrons. The Bertz CT molecular complexity index is 656. The maximum Gasteiger partial charge on any atom is 0.335 e. The molecule has 0 saturated carbocycles. The molecule has 1 heterocycles. The summed E-state index contributed by atoms with van der Waals surface area (Å²) in [7, 11) is -3.56. The SMILES string of the molecule is CC(C)OCC1=CS(=O)(=O)c2cc(C(=O)O)ccc21. The van der Waals surface area contributed by atoms with Gasteiger partial charge in [-0.05, 0) is 37.1 Å². The van der Waals surface area contributed by atoms with Gasteiger partial charge in [0.1, 0.15) is 0 Å². The summed E-state index contributed by atoms with van der Waals surface area (Å²) in [6.07, 6.45) is -0.00838. The van der Waals surface area contributed by atoms with Crippen LogP contribution in [0.3, 0.4) is 0 Å². The molecule has 0 radical (unpaired) electrons. The average molecular weight is 282 g/mol. The third-order valence-corrected chi connectivity index (χ3v) is 4.30. The molecule has 1 aromatic rings. The number of hydrogen-bond donors (Lipinski definition) is 1. The van der Waals surface area contributed by atoms with Crippen molar-refractivity contribution in [2.24, 2.45) is 0 Å². The van der Waals surface area contributed by atoms with Crippen LogP contribution in [0.5, 0.6) is 0 Å². The molecule has 1 N–H and O–H groups in total. The van der Waals surface area contributed by atoms with Crippen molar-refractivity contribution in [1.82, 2.24) is 0 Å². The highest BCUT2D eigenvalue weighted by atomic mass is 32.2. The van der Waals surface area contributed by atoms with E-state index in [0.29, 0.717) is 11.1 Å². The Balaban J connectivity index is 2.43. The summed E-state index contributed by atoms with van der Waals surface area (Å²) in [6, 6.07) is 4.09. The van der Waals surface area contributed by atoms with Crippen molar-refractivity contribution >= 4 is 21.4 Å². The Morgan fingerprint density at radius 1 is 1.37 bits per heavy atom. The molecule has 5 nitrogen and oxygen atoms in total. The predicted molar refractivity (Wildman–Crippen MR) is 69.7 cm³/mol. The smallest absolute Gasteiger partial charge is 0.335 e. The predicted octanol–water partition coefficient (Wildman–Crippen LogP) is 1.94. The number of ether oxygens (including phenoxy) is 1. The molecular formula is C13H14O5S. The van der Waals surface area contributed by atoms with Crippen molar-refractivity contribution in [3.63, 3.8) is 0 Å². The molecule has 0 unspecified atom stereocenters. The fourth-order valence-electron chi connectivity index (χ4n) is 1.84. The van der Waals surface area contributed by atoms with E-state index in [9.17, 15) is 13.2 Å². The van der Waals surface area contributed by atoms with Crippen LogP contribution >= 0.6 is 0 Å². The number of hydrogen-bond acceptors (Lipinski definition) is 4. The molecule has 0 bridgehead atoms. The first-order valence-electron chi connectivity index (χ1n) is 5.76. The molecule has 1 aromatic carbocycles. The molecule has 0 amide bonds. The van der Waals surface area contributed by atoms with E-state index >= 15 is 0 Å². The molecule has 0 spiro atoms. The standard InChI is InChI=1S/C13H14O5S/c1-8(2)18-6-10-7-19(16,17)12-5-9(13(14)15)3-4-11(10)12/h3-5,7-8H,6H2,1-2H3,(H,14,15). The number of benzene rings is 1. The number of aromatic carboxylic acids is 1. The van der Waals surface area contributed by atoms with E-state index in [1.54, 1.807) is 0 Å². The molecule has 6 heteroatoms. The minimum Gasteiger partial charge on any atom is -0.478 e. The Morgan fingerprint density at radius 3 is 2.63 bits per heavy atom. The molecule has 19 heavy (non-hydrogen) atoms. The van der Waals surface area contributed by atoms with E-state index < -0.39 is 15.8 Å². The van der Waals surface area contributed by atoms with Crippen LogP contribution in [0.4, 0.5) is 0 Å². The lowest BCUT2D eigenvalue weighted by atomic mass is 10.1. The monoisotopic (exact) mass is 282 g/mol. The number of sulfone groups is 1. The topological polar surface area (TPSA) is 80.7 Å². The van der Waals surface area contributed by atoms with Gasteiger partial charge in [-0.2, -0.15) is 0 Å². The van der Waals surface area contributed by atoms with Gasteiger partial charge in [-0.3, -0.25) is 0 Å². The van der Waals surface area contributed by atoms with Crippen molar-refractivity contribution < 1.29 is 23.1 Å². The summed E-state index contributed by atoms with van der Waals surface area (Å²) in [5.41, 5.74) is 1.04. The number of carboxylic acids is 1. The summed E-state index contributed by atoms with van der Waals surface area (Å²) in [6.45, 7) is 3.91. The highest BCUT2D eigenvalue weighted by Crippen LogP contribution is 2.34. The van der Waals surface area contributed by atoms with Crippen LogP contribution in [0.2, 0.25) is 0 Å².